The quantitative estimate of drug-likeness (QED) is 0.398. The van der Waals surface area contributed by atoms with Crippen molar-refractivity contribution in [2.75, 3.05) is 38.1 Å². The van der Waals surface area contributed by atoms with Gasteiger partial charge < -0.3 is 21.4 Å². The predicted octanol–water partition coefficient (Wildman–Crippen LogP) is 3.07. The zero-order valence-electron chi connectivity index (χ0n) is 21.9. The summed E-state index contributed by atoms with van der Waals surface area (Å²) in [6, 6.07) is 9.48. The summed E-state index contributed by atoms with van der Waals surface area (Å²) in [5.74, 6) is 1.18. The molecule has 9 nitrogen and oxygen atoms in total. The van der Waals surface area contributed by atoms with E-state index in [-0.39, 0.29) is 0 Å². The predicted molar refractivity (Wildman–Crippen MR) is 152 cm³/mol. The van der Waals surface area contributed by atoms with Gasteiger partial charge in [0.1, 0.15) is 12.1 Å². The van der Waals surface area contributed by atoms with Crippen molar-refractivity contribution in [3.63, 3.8) is 0 Å². The lowest BCUT2D eigenvalue weighted by Crippen LogP contribution is -2.37. The smallest absolute Gasteiger partial charge is 0.242 e. The van der Waals surface area contributed by atoms with Gasteiger partial charge in [-0.15, -0.1) is 0 Å². The molecule has 0 radical (unpaired) electrons. The number of sulfonamides is 1. The molecule has 0 spiro atoms. The number of nitrogens with one attached hydrogen (secondary N) is 2. The van der Waals surface area contributed by atoms with Crippen molar-refractivity contribution >= 4 is 38.7 Å². The van der Waals surface area contributed by atoms with Crippen molar-refractivity contribution in [2.45, 2.75) is 37.6 Å². The highest BCUT2D eigenvalue weighted by Crippen LogP contribution is 2.32. The van der Waals surface area contributed by atoms with E-state index in [1.807, 2.05) is 31.2 Å². The molecule has 1 fully saturated rings. The molecule has 4 N–H and O–H groups in total. The van der Waals surface area contributed by atoms with Crippen molar-refractivity contribution in [3.8, 4) is 0 Å². The first kappa shape index (κ1) is 26.3. The molecule has 3 aromatic rings. The van der Waals surface area contributed by atoms with Gasteiger partial charge in [-0.3, -0.25) is 0 Å². The van der Waals surface area contributed by atoms with E-state index in [0.717, 1.165) is 77.9 Å². The summed E-state index contributed by atoms with van der Waals surface area (Å²) < 4.78 is 28.4. The van der Waals surface area contributed by atoms with Gasteiger partial charge in [0.25, 0.3) is 0 Å². The number of fused-ring (bicyclic) bond motifs is 2. The first-order chi connectivity index (χ1) is 18.3. The van der Waals surface area contributed by atoms with Gasteiger partial charge in [-0.25, -0.2) is 22.7 Å². The summed E-state index contributed by atoms with van der Waals surface area (Å²) >= 11 is 0. The van der Waals surface area contributed by atoms with E-state index in [4.69, 9.17) is 11.1 Å². The molecule has 2 aliphatic rings. The second kappa shape index (κ2) is 10.8. The third-order valence-electron chi connectivity index (χ3n) is 7.68. The Labute approximate surface area is 224 Å². The normalized spacial score (nSPS) is 17.1. The van der Waals surface area contributed by atoms with Gasteiger partial charge in [0, 0.05) is 44.0 Å². The number of hydrogen-bond donors (Lipinski definition) is 3. The molecule has 0 aliphatic carbocycles. The van der Waals surface area contributed by atoms with Crippen molar-refractivity contribution in [3.05, 3.63) is 65.0 Å². The third kappa shape index (κ3) is 5.16. The summed E-state index contributed by atoms with van der Waals surface area (Å²) in [6.07, 6.45) is 7.10. The molecule has 0 atom stereocenters. The molecule has 1 saturated heterocycles. The van der Waals surface area contributed by atoms with Crippen molar-refractivity contribution in [2.24, 2.45) is 11.7 Å². The van der Waals surface area contributed by atoms with Crippen LogP contribution in [0.5, 0.6) is 0 Å². The minimum Gasteiger partial charge on any atom is -0.398 e. The zero-order valence-corrected chi connectivity index (χ0v) is 22.8. The fourth-order valence-corrected chi connectivity index (χ4v) is 6.82. The number of aromatic nitrogens is 2. The Kier molecular flexibility index (Phi) is 7.47. The van der Waals surface area contributed by atoms with E-state index >= 15 is 0 Å². The number of aryl methyl sites for hydroxylation is 1. The van der Waals surface area contributed by atoms with Gasteiger partial charge in [0.2, 0.25) is 10.0 Å². The van der Waals surface area contributed by atoms with Gasteiger partial charge >= 0.3 is 0 Å². The van der Waals surface area contributed by atoms with Crippen LogP contribution in [0.3, 0.4) is 0 Å². The summed E-state index contributed by atoms with van der Waals surface area (Å²) in [5, 5.41) is 11.6. The molecule has 1 aromatic heterocycles. The van der Waals surface area contributed by atoms with Gasteiger partial charge in [-0.05, 0) is 97.8 Å². The summed E-state index contributed by atoms with van der Waals surface area (Å²) in [4.78, 5) is 11.7. The number of rotatable bonds is 7. The molecule has 3 heterocycles. The van der Waals surface area contributed by atoms with Gasteiger partial charge in [-0.1, -0.05) is 6.07 Å². The van der Waals surface area contributed by atoms with E-state index in [9.17, 15) is 8.42 Å². The van der Waals surface area contributed by atoms with Crippen LogP contribution < -0.4 is 16.0 Å². The average Bonchev–Trinajstić information content (AvgIpc) is 2.92. The van der Waals surface area contributed by atoms with Crippen molar-refractivity contribution in [1.29, 1.82) is 5.41 Å². The molecule has 200 valence electrons. The maximum absolute atomic E-state index is 13.5. The number of allylic oxidation sites excluding steroid dienone is 1. The van der Waals surface area contributed by atoms with Gasteiger partial charge in [0.15, 0.2) is 0 Å². The Hall–Kier alpha value is -3.34. The standard InChI is InChI=1S/C28H35N7O2S/c1-19-13-22(26(30)5-9-29)15-25-27(19)32-18-33-28(25)35-12-8-21-3-4-24(14-23(21)17-35)38(36,37)34(2)16-20-6-10-31-11-7-20/h3-5,9,13-15,18,20,29,31H,6-8,10-12,16-17,30H2,1-2H3/b26-5-,29-9?. The molecule has 10 heteroatoms. The van der Waals surface area contributed by atoms with E-state index in [0.29, 0.717) is 29.6 Å². The number of nitrogens with two attached hydrogens (primary N) is 1. The SMILES string of the molecule is Cc1cc(/C(N)=C/C=N)cc2c(N3CCc4ccc(S(=O)(=O)N(C)CC5CCNCC5)cc4C3)ncnc12. The molecule has 0 amide bonds. The molecular weight excluding hydrogens is 498 g/mol. The number of anilines is 1. The highest BCUT2D eigenvalue weighted by molar-refractivity contribution is 7.89. The van der Waals surface area contributed by atoms with Crippen molar-refractivity contribution in [1.82, 2.24) is 19.6 Å². The fourth-order valence-electron chi connectivity index (χ4n) is 5.52. The number of hydrogen-bond acceptors (Lipinski definition) is 8. The van der Waals surface area contributed by atoms with Crippen LogP contribution >= 0.6 is 0 Å². The lowest BCUT2D eigenvalue weighted by Gasteiger charge is -2.31. The maximum Gasteiger partial charge on any atom is 0.242 e. The molecule has 0 unspecified atom stereocenters. The molecule has 5 rings (SSSR count). The Balaban J connectivity index is 1.44. The largest absolute Gasteiger partial charge is 0.398 e. The van der Waals surface area contributed by atoms with Crippen LogP contribution in [0.15, 0.2) is 47.6 Å². The Morgan fingerprint density at radius 3 is 2.76 bits per heavy atom. The Bertz CT molecular complexity index is 1500. The number of nitrogens with zero attached hydrogens (tertiary/aromatic N) is 4. The monoisotopic (exact) mass is 533 g/mol. The minimum absolute atomic E-state index is 0.338. The van der Waals surface area contributed by atoms with Crippen LogP contribution in [-0.4, -0.2) is 62.1 Å². The lowest BCUT2D eigenvalue weighted by atomic mass is 9.98. The first-order valence-corrected chi connectivity index (χ1v) is 14.5. The van der Waals surface area contributed by atoms with Crippen LogP contribution in [-0.2, 0) is 23.0 Å². The van der Waals surface area contributed by atoms with Crippen LogP contribution in [0.4, 0.5) is 5.82 Å². The second-order valence-electron chi connectivity index (χ2n) is 10.3. The molecule has 2 aliphatic heterocycles. The topological polar surface area (TPSA) is 128 Å². The van der Waals surface area contributed by atoms with Crippen LogP contribution in [0, 0.1) is 18.3 Å². The van der Waals surface area contributed by atoms with E-state index < -0.39 is 10.0 Å². The summed E-state index contributed by atoms with van der Waals surface area (Å²) in [7, 11) is -1.90. The number of piperidine rings is 1. The lowest BCUT2D eigenvalue weighted by molar-refractivity contribution is 0.311. The minimum atomic E-state index is -3.58. The molecule has 2 aromatic carbocycles. The maximum atomic E-state index is 13.5. The molecular formula is C28H35N7O2S. The van der Waals surface area contributed by atoms with Gasteiger partial charge in [0.05, 0.1) is 10.4 Å². The van der Waals surface area contributed by atoms with Crippen molar-refractivity contribution < 1.29 is 8.42 Å². The zero-order chi connectivity index (χ0) is 26.9. The summed E-state index contributed by atoms with van der Waals surface area (Å²) in [6.45, 7) is 5.73. The summed E-state index contributed by atoms with van der Waals surface area (Å²) in [5.41, 5.74) is 11.5. The van der Waals surface area contributed by atoms with E-state index in [1.165, 1.54) is 10.5 Å². The highest BCUT2D eigenvalue weighted by Gasteiger charge is 2.27. The average molecular weight is 534 g/mol. The molecule has 38 heavy (non-hydrogen) atoms. The van der Waals surface area contributed by atoms with E-state index in [1.54, 1.807) is 25.5 Å². The Morgan fingerprint density at radius 1 is 1.21 bits per heavy atom. The molecule has 0 bridgehead atoms. The molecule has 0 saturated carbocycles. The van der Waals surface area contributed by atoms with Crippen LogP contribution in [0.2, 0.25) is 0 Å². The Morgan fingerprint density at radius 2 is 2.00 bits per heavy atom. The van der Waals surface area contributed by atoms with Crippen LogP contribution in [0.1, 0.15) is 35.1 Å². The van der Waals surface area contributed by atoms with E-state index in [2.05, 4.69) is 20.2 Å². The third-order valence-corrected chi connectivity index (χ3v) is 9.50. The number of benzene rings is 2. The van der Waals surface area contributed by atoms with Gasteiger partial charge in [-0.2, -0.15) is 0 Å². The fraction of sp³-hybridized carbons (Fsp3) is 0.393. The second-order valence-corrected chi connectivity index (χ2v) is 12.3. The highest BCUT2D eigenvalue weighted by atomic mass is 32.2. The van der Waals surface area contributed by atoms with Crippen LogP contribution in [0.25, 0.3) is 16.6 Å². The first-order valence-electron chi connectivity index (χ1n) is 13.0.